The smallest absolute Gasteiger partial charge is 0.0386 e. The summed E-state index contributed by atoms with van der Waals surface area (Å²) in [6.45, 7) is 2.98. The van der Waals surface area contributed by atoms with E-state index in [1.54, 1.807) is 12.3 Å². The first kappa shape index (κ1) is 7.21. The monoisotopic (exact) mass is 112 g/mol. The zero-order valence-electron chi connectivity index (χ0n) is 5.17. The molecule has 46 valence electrons. The topological polar surface area (TPSA) is 38.4 Å². The molecule has 0 aromatic rings. The van der Waals surface area contributed by atoms with Crippen LogP contribution in [0, 0.1) is 0 Å². The third-order valence-corrected chi connectivity index (χ3v) is 0.655. The first-order valence-electron chi connectivity index (χ1n) is 2.78. The van der Waals surface area contributed by atoms with Gasteiger partial charge in [0.1, 0.15) is 0 Å². The van der Waals surface area contributed by atoms with Crippen LogP contribution in [0.2, 0.25) is 0 Å². The second-order valence-electron chi connectivity index (χ2n) is 1.44. The lowest BCUT2D eigenvalue weighted by atomic mass is 10.5. The van der Waals surface area contributed by atoms with E-state index >= 15 is 0 Å². The van der Waals surface area contributed by atoms with Crippen molar-refractivity contribution >= 4 is 6.21 Å². The molecule has 0 spiro atoms. The maximum absolute atomic E-state index is 5.04. The van der Waals surface area contributed by atoms with Gasteiger partial charge in [-0.15, -0.1) is 0 Å². The Bertz CT molecular complexity index is 84.5. The fraction of sp³-hybridized carbons (Fsp3) is 0.500. The van der Waals surface area contributed by atoms with Gasteiger partial charge in [0.25, 0.3) is 0 Å². The van der Waals surface area contributed by atoms with Gasteiger partial charge in [-0.25, -0.2) is 0 Å². The molecule has 0 saturated carbocycles. The minimum Gasteiger partial charge on any atom is -0.405 e. The zero-order valence-corrected chi connectivity index (χ0v) is 5.17. The molecule has 0 aliphatic rings. The summed E-state index contributed by atoms with van der Waals surface area (Å²) in [7, 11) is 0. The van der Waals surface area contributed by atoms with Crippen LogP contribution in [0.25, 0.3) is 0 Å². The minimum absolute atomic E-state index is 0.893. The molecule has 0 aliphatic heterocycles. The minimum atomic E-state index is 0.893. The van der Waals surface area contributed by atoms with Crippen LogP contribution < -0.4 is 5.73 Å². The summed E-state index contributed by atoms with van der Waals surface area (Å²) in [5, 5.41) is 0. The van der Waals surface area contributed by atoms with E-state index in [4.69, 9.17) is 5.73 Å². The third-order valence-electron chi connectivity index (χ3n) is 0.655. The van der Waals surface area contributed by atoms with Crippen molar-refractivity contribution in [3.8, 4) is 0 Å². The fourth-order valence-corrected chi connectivity index (χ4v) is 0.314. The van der Waals surface area contributed by atoms with E-state index in [1.807, 2.05) is 0 Å². The number of nitrogens with zero attached hydrogens (tertiary/aromatic N) is 1. The fourth-order valence-electron chi connectivity index (χ4n) is 0.314. The van der Waals surface area contributed by atoms with Crippen LogP contribution in [0.4, 0.5) is 0 Å². The molecule has 0 aliphatic carbocycles. The summed E-state index contributed by atoms with van der Waals surface area (Å²) in [5.41, 5.74) is 5.04. The second kappa shape index (κ2) is 6.21. The number of hydrogen-bond donors (Lipinski definition) is 1. The molecule has 0 heterocycles. The Labute approximate surface area is 50.1 Å². The van der Waals surface area contributed by atoms with Crippen molar-refractivity contribution in [1.29, 1.82) is 0 Å². The number of hydrogen-bond acceptors (Lipinski definition) is 2. The van der Waals surface area contributed by atoms with E-state index < -0.39 is 0 Å². The van der Waals surface area contributed by atoms with Crippen molar-refractivity contribution in [3.05, 3.63) is 12.3 Å². The van der Waals surface area contributed by atoms with Crippen molar-refractivity contribution in [1.82, 2.24) is 0 Å². The molecule has 0 fully saturated rings. The van der Waals surface area contributed by atoms with E-state index in [0.29, 0.717) is 0 Å². The van der Waals surface area contributed by atoms with Gasteiger partial charge in [-0.1, -0.05) is 6.92 Å². The summed E-state index contributed by atoms with van der Waals surface area (Å²) in [6.07, 6.45) is 5.99. The van der Waals surface area contributed by atoms with Gasteiger partial charge in [-0.2, -0.15) is 0 Å². The predicted molar refractivity (Wildman–Crippen MR) is 37.0 cm³/mol. The molecular formula is C6H12N2. The Morgan fingerprint density at radius 3 is 2.88 bits per heavy atom. The van der Waals surface area contributed by atoms with Crippen LogP contribution in [-0.2, 0) is 0 Å². The van der Waals surface area contributed by atoms with Crippen molar-refractivity contribution < 1.29 is 0 Å². The van der Waals surface area contributed by atoms with Crippen molar-refractivity contribution in [2.75, 3.05) is 6.54 Å². The Balaban J connectivity index is 3.07. The quantitative estimate of drug-likeness (QED) is 0.542. The number of allylic oxidation sites excluding steroid dienone is 1. The van der Waals surface area contributed by atoms with Crippen LogP contribution in [0.1, 0.15) is 13.3 Å². The van der Waals surface area contributed by atoms with Gasteiger partial charge in [-0.05, 0) is 18.7 Å². The van der Waals surface area contributed by atoms with Crippen LogP contribution in [0.15, 0.2) is 17.3 Å². The molecular weight excluding hydrogens is 100 g/mol. The van der Waals surface area contributed by atoms with Crippen molar-refractivity contribution in [2.45, 2.75) is 13.3 Å². The molecule has 0 rings (SSSR count). The largest absolute Gasteiger partial charge is 0.405 e. The average Bonchev–Trinajstić information content (AvgIpc) is 1.81. The molecule has 0 aromatic carbocycles. The first-order valence-corrected chi connectivity index (χ1v) is 2.78. The second-order valence-corrected chi connectivity index (χ2v) is 1.44. The first-order chi connectivity index (χ1) is 3.91. The third kappa shape index (κ3) is 5.21. The lowest BCUT2D eigenvalue weighted by Crippen LogP contribution is -1.78. The Kier molecular flexibility index (Phi) is 5.60. The summed E-state index contributed by atoms with van der Waals surface area (Å²) in [4.78, 5) is 3.99. The maximum atomic E-state index is 5.04. The van der Waals surface area contributed by atoms with E-state index in [9.17, 15) is 0 Å². The number of nitrogens with two attached hydrogens (primary N) is 1. The van der Waals surface area contributed by atoms with Gasteiger partial charge in [0.05, 0.1) is 0 Å². The van der Waals surface area contributed by atoms with Gasteiger partial charge in [-0.3, -0.25) is 4.99 Å². The van der Waals surface area contributed by atoms with Crippen LogP contribution in [0.3, 0.4) is 0 Å². The molecule has 0 unspecified atom stereocenters. The lowest BCUT2D eigenvalue weighted by Gasteiger charge is -1.79. The molecule has 0 aromatic heterocycles. The van der Waals surface area contributed by atoms with Gasteiger partial charge < -0.3 is 5.73 Å². The lowest BCUT2D eigenvalue weighted by molar-refractivity contribution is 0.937. The van der Waals surface area contributed by atoms with E-state index in [2.05, 4.69) is 11.9 Å². The number of aliphatic imine (C=N–C) groups is 1. The van der Waals surface area contributed by atoms with Crippen LogP contribution >= 0.6 is 0 Å². The van der Waals surface area contributed by atoms with Crippen LogP contribution in [0.5, 0.6) is 0 Å². The van der Waals surface area contributed by atoms with Gasteiger partial charge in [0, 0.05) is 12.8 Å². The average molecular weight is 112 g/mol. The Morgan fingerprint density at radius 2 is 2.38 bits per heavy atom. The predicted octanol–water partition coefficient (Wildman–Crippen LogP) is 0.940. The zero-order chi connectivity index (χ0) is 6.24. The molecule has 0 amide bonds. The molecule has 8 heavy (non-hydrogen) atoms. The molecule has 0 radical (unpaired) electrons. The standard InChI is InChI=1S/C6H12N2/c1-2-5-8-6-3-4-7/h3-4,6H,2,5,7H2,1H3/b4-3-,8-6?. The van der Waals surface area contributed by atoms with Gasteiger partial charge in [0.15, 0.2) is 0 Å². The Morgan fingerprint density at radius 1 is 1.62 bits per heavy atom. The molecule has 0 atom stereocenters. The summed E-state index contributed by atoms with van der Waals surface area (Å²) >= 11 is 0. The van der Waals surface area contributed by atoms with E-state index in [0.717, 1.165) is 13.0 Å². The van der Waals surface area contributed by atoms with Crippen molar-refractivity contribution in [3.63, 3.8) is 0 Å². The summed E-state index contributed by atoms with van der Waals surface area (Å²) < 4.78 is 0. The highest BCUT2D eigenvalue weighted by Gasteiger charge is 1.67. The molecule has 0 bridgehead atoms. The molecule has 2 heteroatoms. The van der Waals surface area contributed by atoms with Gasteiger partial charge in [0.2, 0.25) is 0 Å². The SMILES string of the molecule is CCCN=C/C=C\N. The highest BCUT2D eigenvalue weighted by Crippen LogP contribution is 1.74. The molecule has 2 N–H and O–H groups in total. The highest BCUT2D eigenvalue weighted by atomic mass is 14.7. The van der Waals surface area contributed by atoms with Crippen LogP contribution in [-0.4, -0.2) is 12.8 Å². The van der Waals surface area contributed by atoms with E-state index in [-0.39, 0.29) is 0 Å². The van der Waals surface area contributed by atoms with Crippen molar-refractivity contribution in [2.24, 2.45) is 10.7 Å². The summed E-state index contributed by atoms with van der Waals surface area (Å²) in [5.74, 6) is 0. The van der Waals surface area contributed by atoms with E-state index in [1.165, 1.54) is 6.20 Å². The molecule has 0 saturated heterocycles. The highest BCUT2D eigenvalue weighted by molar-refractivity contribution is 5.70. The number of rotatable bonds is 3. The maximum Gasteiger partial charge on any atom is 0.0386 e. The summed E-state index contributed by atoms with van der Waals surface area (Å²) in [6, 6.07) is 0. The molecule has 2 nitrogen and oxygen atoms in total. The normalized spacial score (nSPS) is 11.6. The van der Waals surface area contributed by atoms with Gasteiger partial charge >= 0.3 is 0 Å². The Hall–Kier alpha value is -0.790.